The molecule has 0 heterocycles. The number of carbonyl (C=O) groups is 1. The highest BCUT2D eigenvalue weighted by atomic mass is 16.4. The van der Waals surface area contributed by atoms with E-state index < -0.39 is 5.97 Å². The van der Waals surface area contributed by atoms with Gasteiger partial charge in [-0.15, -0.1) is 0 Å². The van der Waals surface area contributed by atoms with Crippen molar-refractivity contribution < 1.29 is 15.0 Å². The summed E-state index contributed by atoms with van der Waals surface area (Å²) in [6.45, 7) is 2.15. The van der Waals surface area contributed by atoms with Crippen LogP contribution in [0.25, 0.3) is 0 Å². The van der Waals surface area contributed by atoms with Gasteiger partial charge in [-0.05, 0) is 32.1 Å². The number of carboxylic acids is 1. The lowest BCUT2D eigenvalue weighted by atomic mass is 10.0. The molecule has 0 saturated carbocycles. The molecule has 0 aliphatic rings. The molecule has 0 saturated heterocycles. The molecule has 0 radical (unpaired) electrons. The maximum Gasteiger partial charge on any atom is 0.303 e. The van der Waals surface area contributed by atoms with E-state index in [2.05, 4.69) is 31.2 Å². The molecule has 0 aliphatic heterocycles. The summed E-state index contributed by atoms with van der Waals surface area (Å²) >= 11 is 0. The molecule has 0 fully saturated rings. The summed E-state index contributed by atoms with van der Waals surface area (Å²) in [6, 6.07) is 0. The fourth-order valence-corrected chi connectivity index (χ4v) is 3.94. The summed E-state index contributed by atoms with van der Waals surface area (Å²) < 4.78 is 0. The molecule has 182 valence electrons. The van der Waals surface area contributed by atoms with Crippen molar-refractivity contribution in [2.75, 3.05) is 0 Å². The molecule has 2 N–H and O–H groups in total. The van der Waals surface area contributed by atoms with E-state index in [1.54, 1.807) is 0 Å². The average molecular weight is 437 g/mol. The van der Waals surface area contributed by atoms with Crippen LogP contribution in [0.15, 0.2) is 24.3 Å². The molecule has 0 spiro atoms. The molecular weight excluding hydrogens is 384 g/mol. The summed E-state index contributed by atoms with van der Waals surface area (Å²) in [6.07, 6.45) is 33.0. The SMILES string of the molecule is CCC=CCC=CCC(O)CCCCCCCCCCCCCCCCCCC(=O)O. The Hall–Kier alpha value is -1.09. The number of hydrogen-bond acceptors (Lipinski definition) is 2. The molecule has 3 heteroatoms. The van der Waals surface area contributed by atoms with E-state index in [4.69, 9.17) is 5.11 Å². The van der Waals surface area contributed by atoms with E-state index in [0.29, 0.717) is 6.42 Å². The van der Waals surface area contributed by atoms with Crippen molar-refractivity contribution in [2.24, 2.45) is 0 Å². The van der Waals surface area contributed by atoms with Gasteiger partial charge >= 0.3 is 5.97 Å². The molecule has 0 rings (SSSR count). The first-order chi connectivity index (χ1) is 15.2. The minimum absolute atomic E-state index is 0.164. The fourth-order valence-electron chi connectivity index (χ4n) is 3.94. The molecule has 0 aliphatic carbocycles. The summed E-state index contributed by atoms with van der Waals surface area (Å²) in [7, 11) is 0. The largest absolute Gasteiger partial charge is 0.481 e. The standard InChI is InChI=1S/C28H52O3/c1-2-3-4-5-18-21-24-27(29)25-22-19-16-14-12-10-8-6-7-9-11-13-15-17-20-23-26-28(30)31/h3-4,18,21,27,29H,2,5-17,19-20,22-26H2,1H3,(H,30,31). The minimum Gasteiger partial charge on any atom is -0.481 e. The minimum atomic E-state index is -0.662. The highest BCUT2D eigenvalue weighted by Crippen LogP contribution is 2.15. The third-order valence-corrected chi connectivity index (χ3v) is 5.93. The second kappa shape index (κ2) is 25.2. The Morgan fingerprint density at radius 3 is 1.52 bits per heavy atom. The van der Waals surface area contributed by atoms with Crippen LogP contribution >= 0.6 is 0 Å². The second-order valence-corrected chi connectivity index (χ2v) is 9.07. The Kier molecular flexibility index (Phi) is 24.3. The smallest absolute Gasteiger partial charge is 0.303 e. The number of aliphatic carboxylic acids is 1. The van der Waals surface area contributed by atoms with Crippen LogP contribution in [0.3, 0.4) is 0 Å². The number of rotatable bonds is 24. The van der Waals surface area contributed by atoms with Gasteiger partial charge in [-0.2, -0.15) is 0 Å². The molecule has 3 nitrogen and oxygen atoms in total. The third kappa shape index (κ3) is 26.9. The van der Waals surface area contributed by atoms with Crippen LogP contribution in [-0.4, -0.2) is 22.3 Å². The number of carboxylic acid groups (broad SMARTS) is 1. The molecule has 0 aromatic carbocycles. The van der Waals surface area contributed by atoms with Gasteiger partial charge in [0, 0.05) is 6.42 Å². The predicted octanol–water partition coefficient (Wildman–Crippen LogP) is 8.76. The van der Waals surface area contributed by atoms with E-state index >= 15 is 0 Å². The zero-order valence-electron chi connectivity index (χ0n) is 20.5. The first-order valence-electron chi connectivity index (χ1n) is 13.4. The monoisotopic (exact) mass is 436 g/mol. The van der Waals surface area contributed by atoms with Gasteiger partial charge in [-0.3, -0.25) is 4.79 Å². The first kappa shape index (κ1) is 29.9. The van der Waals surface area contributed by atoms with Gasteiger partial charge in [0.05, 0.1) is 6.10 Å². The van der Waals surface area contributed by atoms with E-state index in [9.17, 15) is 9.90 Å². The summed E-state index contributed by atoms with van der Waals surface area (Å²) in [5.74, 6) is -0.662. The van der Waals surface area contributed by atoms with Crippen molar-refractivity contribution in [1.82, 2.24) is 0 Å². The van der Waals surface area contributed by atoms with Gasteiger partial charge in [-0.1, -0.05) is 128 Å². The Morgan fingerprint density at radius 1 is 0.645 bits per heavy atom. The van der Waals surface area contributed by atoms with E-state index in [1.807, 2.05) is 0 Å². The first-order valence-corrected chi connectivity index (χ1v) is 13.4. The lowest BCUT2D eigenvalue weighted by molar-refractivity contribution is -0.137. The van der Waals surface area contributed by atoms with Crippen LogP contribution in [0.1, 0.15) is 142 Å². The van der Waals surface area contributed by atoms with Crippen LogP contribution in [0.5, 0.6) is 0 Å². The highest BCUT2D eigenvalue weighted by Gasteiger charge is 2.01. The quantitative estimate of drug-likeness (QED) is 0.117. The third-order valence-electron chi connectivity index (χ3n) is 5.93. The molecule has 0 aromatic rings. The van der Waals surface area contributed by atoms with E-state index in [0.717, 1.165) is 44.9 Å². The number of aliphatic hydroxyl groups is 1. The Morgan fingerprint density at radius 2 is 1.06 bits per heavy atom. The second-order valence-electron chi connectivity index (χ2n) is 9.07. The Balaban J connectivity index is 3.18. The Labute approximate surface area is 193 Å². The molecule has 1 unspecified atom stereocenters. The maximum absolute atomic E-state index is 10.4. The molecule has 0 amide bonds. The fraction of sp³-hybridized carbons (Fsp3) is 0.821. The van der Waals surface area contributed by atoms with Crippen molar-refractivity contribution in [3.8, 4) is 0 Å². The van der Waals surface area contributed by atoms with Gasteiger partial charge in [-0.25, -0.2) is 0 Å². The lowest BCUT2D eigenvalue weighted by Crippen LogP contribution is -2.04. The normalized spacial score (nSPS) is 12.8. The van der Waals surface area contributed by atoms with E-state index in [-0.39, 0.29) is 6.10 Å². The zero-order chi connectivity index (χ0) is 22.8. The predicted molar refractivity (Wildman–Crippen MR) is 135 cm³/mol. The van der Waals surface area contributed by atoms with Crippen molar-refractivity contribution in [3.05, 3.63) is 24.3 Å². The molecule has 0 bridgehead atoms. The van der Waals surface area contributed by atoms with Crippen molar-refractivity contribution in [1.29, 1.82) is 0 Å². The Bertz CT molecular complexity index is 428. The summed E-state index contributed by atoms with van der Waals surface area (Å²) in [4.78, 5) is 10.4. The summed E-state index contributed by atoms with van der Waals surface area (Å²) in [5.41, 5.74) is 0. The molecule has 1 atom stereocenters. The zero-order valence-corrected chi connectivity index (χ0v) is 20.5. The molecular formula is C28H52O3. The highest BCUT2D eigenvalue weighted by molar-refractivity contribution is 5.66. The van der Waals surface area contributed by atoms with Crippen LogP contribution in [-0.2, 0) is 4.79 Å². The summed E-state index contributed by atoms with van der Waals surface area (Å²) in [5, 5.41) is 18.6. The maximum atomic E-state index is 10.4. The van der Waals surface area contributed by atoms with Gasteiger partial charge in [0.15, 0.2) is 0 Å². The van der Waals surface area contributed by atoms with Crippen LogP contribution in [0, 0.1) is 0 Å². The lowest BCUT2D eigenvalue weighted by Gasteiger charge is -2.07. The van der Waals surface area contributed by atoms with Crippen molar-refractivity contribution >= 4 is 5.97 Å². The molecule has 0 aromatic heterocycles. The van der Waals surface area contributed by atoms with Gasteiger partial charge in [0.25, 0.3) is 0 Å². The van der Waals surface area contributed by atoms with Crippen LogP contribution in [0.4, 0.5) is 0 Å². The van der Waals surface area contributed by atoms with E-state index in [1.165, 1.54) is 83.5 Å². The molecule has 31 heavy (non-hydrogen) atoms. The number of aliphatic hydroxyl groups excluding tert-OH is 1. The van der Waals surface area contributed by atoms with Crippen LogP contribution in [0.2, 0.25) is 0 Å². The number of allylic oxidation sites excluding steroid dienone is 3. The van der Waals surface area contributed by atoms with Gasteiger partial charge in [0.2, 0.25) is 0 Å². The topological polar surface area (TPSA) is 57.5 Å². The van der Waals surface area contributed by atoms with Gasteiger partial charge in [0.1, 0.15) is 0 Å². The van der Waals surface area contributed by atoms with Crippen molar-refractivity contribution in [3.63, 3.8) is 0 Å². The average Bonchev–Trinajstić information content (AvgIpc) is 2.75. The number of unbranched alkanes of at least 4 members (excludes halogenated alkanes) is 15. The van der Waals surface area contributed by atoms with Crippen molar-refractivity contribution in [2.45, 2.75) is 148 Å². The van der Waals surface area contributed by atoms with Gasteiger partial charge < -0.3 is 10.2 Å². The number of hydrogen-bond donors (Lipinski definition) is 2. The van der Waals surface area contributed by atoms with Crippen LogP contribution < -0.4 is 0 Å².